The summed E-state index contributed by atoms with van der Waals surface area (Å²) in [4.78, 5) is 24.6. The first-order valence-electron chi connectivity index (χ1n) is 6.19. The van der Waals surface area contributed by atoms with Gasteiger partial charge in [0, 0.05) is 25.6 Å². The molecule has 6 heteroatoms. The molecular formula is C14H19NO5. The van der Waals surface area contributed by atoms with Crippen LogP contribution in [0.25, 0.3) is 0 Å². The van der Waals surface area contributed by atoms with Crippen LogP contribution in [0.5, 0.6) is 11.5 Å². The molecule has 0 unspecified atom stereocenters. The molecule has 0 spiro atoms. The molecule has 1 N–H and O–H groups in total. The van der Waals surface area contributed by atoms with Gasteiger partial charge in [0.05, 0.1) is 14.2 Å². The summed E-state index contributed by atoms with van der Waals surface area (Å²) >= 11 is 0. The number of amides is 1. The van der Waals surface area contributed by atoms with E-state index in [4.69, 9.17) is 4.74 Å². The van der Waals surface area contributed by atoms with Gasteiger partial charge in [-0.15, -0.1) is 0 Å². The number of phenols is 1. The molecule has 6 nitrogen and oxygen atoms in total. The molecule has 0 aliphatic rings. The molecule has 1 amide bonds. The van der Waals surface area contributed by atoms with Gasteiger partial charge in [-0.3, -0.25) is 9.59 Å². The summed E-state index contributed by atoms with van der Waals surface area (Å²) in [5.74, 6) is -0.294. The summed E-state index contributed by atoms with van der Waals surface area (Å²) in [6.07, 6.45) is 0.791. The van der Waals surface area contributed by atoms with Gasteiger partial charge in [0.25, 0.3) is 5.91 Å². The van der Waals surface area contributed by atoms with Crippen molar-refractivity contribution >= 4 is 11.9 Å². The van der Waals surface area contributed by atoms with E-state index in [1.54, 1.807) is 13.1 Å². The van der Waals surface area contributed by atoms with E-state index in [1.807, 2.05) is 0 Å². The van der Waals surface area contributed by atoms with E-state index in [-0.39, 0.29) is 24.0 Å². The van der Waals surface area contributed by atoms with Crippen LogP contribution in [0.2, 0.25) is 0 Å². The van der Waals surface area contributed by atoms with E-state index in [1.165, 1.54) is 31.3 Å². The number of phenolic OH excluding ortho intramolecular Hbond substituents is 1. The van der Waals surface area contributed by atoms with Gasteiger partial charge in [0.1, 0.15) is 0 Å². The van der Waals surface area contributed by atoms with Gasteiger partial charge >= 0.3 is 5.97 Å². The summed E-state index contributed by atoms with van der Waals surface area (Å²) < 4.78 is 9.45. The van der Waals surface area contributed by atoms with Crippen molar-refractivity contribution in [3.8, 4) is 11.5 Å². The van der Waals surface area contributed by atoms with Gasteiger partial charge in [0.15, 0.2) is 11.5 Å². The predicted molar refractivity (Wildman–Crippen MR) is 72.9 cm³/mol. The molecule has 0 aromatic heterocycles. The Balaban J connectivity index is 2.60. The normalized spacial score (nSPS) is 9.95. The molecular weight excluding hydrogens is 262 g/mol. The Kier molecular flexibility index (Phi) is 5.83. The summed E-state index contributed by atoms with van der Waals surface area (Å²) in [5.41, 5.74) is 0.365. The van der Waals surface area contributed by atoms with E-state index in [2.05, 4.69) is 4.74 Å². The molecule has 0 saturated carbocycles. The van der Waals surface area contributed by atoms with Crippen LogP contribution in [0.15, 0.2) is 18.2 Å². The minimum Gasteiger partial charge on any atom is -0.504 e. The molecule has 0 saturated heterocycles. The number of aromatic hydroxyl groups is 1. The fraction of sp³-hybridized carbons (Fsp3) is 0.429. The quantitative estimate of drug-likeness (QED) is 0.798. The third-order valence-corrected chi connectivity index (χ3v) is 2.87. The Morgan fingerprint density at radius 2 is 2.00 bits per heavy atom. The summed E-state index contributed by atoms with van der Waals surface area (Å²) in [5, 5.41) is 9.65. The van der Waals surface area contributed by atoms with Gasteiger partial charge in [-0.25, -0.2) is 0 Å². The van der Waals surface area contributed by atoms with Crippen LogP contribution in [0.1, 0.15) is 23.2 Å². The molecule has 0 heterocycles. The zero-order chi connectivity index (χ0) is 15.1. The van der Waals surface area contributed by atoms with Crippen molar-refractivity contribution in [2.75, 3.05) is 27.8 Å². The lowest BCUT2D eigenvalue weighted by Gasteiger charge is -2.17. The maximum absolute atomic E-state index is 12.1. The van der Waals surface area contributed by atoms with Crippen molar-refractivity contribution in [1.29, 1.82) is 0 Å². The summed E-state index contributed by atoms with van der Waals surface area (Å²) in [6, 6.07) is 4.47. The molecule has 1 rings (SSSR count). The van der Waals surface area contributed by atoms with E-state index >= 15 is 0 Å². The Hall–Kier alpha value is -2.24. The number of nitrogens with zero attached hydrogens (tertiary/aromatic N) is 1. The molecule has 0 bridgehead atoms. The fourth-order valence-electron chi connectivity index (χ4n) is 1.71. The Morgan fingerprint density at radius 3 is 2.55 bits per heavy atom. The lowest BCUT2D eigenvalue weighted by atomic mass is 10.1. The highest BCUT2D eigenvalue weighted by Crippen LogP contribution is 2.26. The van der Waals surface area contributed by atoms with Crippen molar-refractivity contribution in [3.63, 3.8) is 0 Å². The number of benzene rings is 1. The molecule has 110 valence electrons. The summed E-state index contributed by atoms with van der Waals surface area (Å²) in [6.45, 7) is 0.431. The van der Waals surface area contributed by atoms with Crippen LogP contribution in [-0.4, -0.2) is 49.7 Å². The van der Waals surface area contributed by atoms with Gasteiger partial charge in [-0.2, -0.15) is 0 Å². The van der Waals surface area contributed by atoms with E-state index in [0.29, 0.717) is 24.3 Å². The maximum Gasteiger partial charge on any atom is 0.305 e. The minimum absolute atomic E-state index is 0.0821. The minimum atomic E-state index is -0.298. The molecule has 0 atom stereocenters. The number of rotatable bonds is 6. The van der Waals surface area contributed by atoms with Crippen LogP contribution in [0.4, 0.5) is 0 Å². The lowest BCUT2D eigenvalue weighted by molar-refractivity contribution is -0.140. The number of carbonyl (C=O) groups excluding carboxylic acids is 2. The van der Waals surface area contributed by atoms with E-state index in [9.17, 15) is 14.7 Å². The third-order valence-electron chi connectivity index (χ3n) is 2.87. The summed E-state index contributed by atoms with van der Waals surface area (Å²) in [7, 11) is 4.41. The average Bonchev–Trinajstić information content (AvgIpc) is 2.45. The second-order valence-electron chi connectivity index (χ2n) is 4.29. The topological polar surface area (TPSA) is 76.1 Å². The highest BCUT2D eigenvalue weighted by atomic mass is 16.5. The zero-order valence-corrected chi connectivity index (χ0v) is 11.9. The van der Waals surface area contributed by atoms with Crippen LogP contribution >= 0.6 is 0 Å². The monoisotopic (exact) mass is 281 g/mol. The van der Waals surface area contributed by atoms with Crippen LogP contribution in [-0.2, 0) is 9.53 Å². The second kappa shape index (κ2) is 7.37. The van der Waals surface area contributed by atoms with Crippen molar-refractivity contribution in [3.05, 3.63) is 23.8 Å². The van der Waals surface area contributed by atoms with E-state index in [0.717, 1.165) is 0 Å². The van der Waals surface area contributed by atoms with Gasteiger partial charge in [-0.05, 0) is 24.6 Å². The number of hydrogen-bond donors (Lipinski definition) is 1. The molecule has 1 aromatic carbocycles. The standard InChI is InChI=1S/C14H19NO5/c1-15(8-4-5-13(17)20-3)14(18)10-6-7-12(19-2)11(16)9-10/h6-7,9,16H,4-5,8H2,1-3H3. The molecule has 0 aliphatic heterocycles. The average molecular weight is 281 g/mol. The maximum atomic E-state index is 12.1. The van der Waals surface area contributed by atoms with Crippen LogP contribution < -0.4 is 4.74 Å². The van der Waals surface area contributed by atoms with Crippen molar-refractivity contribution < 1.29 is 24.2 Å². The van der Waals surface area contributed by atoms with Crippen molar-refractivity contribution in [2.24, 2.45) is 0 Å². The van der Waals surface area contributed by atoms with E-state index < -0.39 is 0 Å². The Bertz CT molecular complexity index is 486. The molecule has 20 heavy (non-hydrogen) atoms. The highest BCUT2D eigenvalue weighted by Gasteiger charge is 2.14. The molecule has 1 aromatic rings. The first-order chi connectivity index (χ1) is 9.49. The highest BCUT2D eigenvalue weighted by molar-refractivity contribution is 5.94. The molecule has 0 radical (unpaired) electrons. The number of methoxy groups -OCH3 is 2. The zero-order valence-electron chi connectivity index (χ0n) is 11.9. The van der Waals surface area contributed by atoms with Gasteiger partial charge in [0.2, 0.25) is 0 Å². The third kappa shape index (κ3) is 4.15. The number of esters is 1. The largest absolute Gasteiger partial charge is 0.504 e. The molecule has 0 aliphatic carbocycles. The van der Waals surface area contributed by atoms with Crippen molar-refractivity contribution in [2.45, 2.75) is 12.8 Å². The van der Waals surface area contributed by atoms with Gasteiger partial charge in [-0.1, -0.05) is 0 Å². The second-order valence-corrected chi connectivity index (χ2v) is 4.29. The van der Waals surface area contributed by atoms with Crippen LogP contribution in [0.3, 0.4) is 0 Å². The molecule has 0 fully saturated rings. The SMILES string of the molecule is COC(=O)CCCN(C)C(=O)c1ccc(OC)c(O)c1. The first-order valence-corrected chi connectivity index (χ1v) is 6.19. The van der Waals surface area contributed by atoms with Crippen LogP contribution in [0, 0.1) is 0 Å². The number of ether oxygens (including phenoxy) is 2. The number of carbonyl (C=O) groups is 2. The fourth-order valence-corrected chi connectivity index (χ4v) is 1.71. The predicted octanol–water partition coefficient (Wildman–Crippen LogP) is 1.43. The Morgan fingerprint density at radius 1 is 1.30 bits per heavy atom. The smallest absolute Gasteiger partial charge is 0.305 e. The lowest BCUT2D eigenvalue weighted by Crippen LogP contribution is -2.28. The number of hydrogen-bond acceptors (Lipinski definition) is 5. The van der Waals surface area contributed by atoms with Gasteiger partial charge < -0.3 is 19.5 Å². The first kappa shape index (κ1) is 15.8. The Labute approximate surface area is 117 Å². The van der Waals surface area contributed by atoms with Crippen molar-refractivity contribution in [1.82, 2.24) is 4.90 Å².